The van der Waals surface area contributed by atoms with E-state index in [1.54, 1.807) is 25.1 Å². The highest BCUT2D eigenvalue weighted by Gasteiger charge is 2.13. The number of rotatable bonds is 39. The third-order valence-corrected chi connectivity index (χ3v) is 7.30. The molecule has 0 unspecified atom stereocenters. The molecule has 1 rings (SSSR count). The van der Waals surface area contributed by atoms with Crippen LogP contribution in [0.5, 0.6) is 0 Å². The van der Waals surface area contributed by atoms with Crippen LogP contribution in [0, 0.1) is 0 Å². The van der Waals surface area contributed by atoms with E-state index >= 15 is 0 Å². The van der Waals surface area contributed by atoms with Gasteiger partial charge in [-0.2, -0.15) is 8.42 Å². The second kappa shape index (κ2) is 35.6. The van der Waals surface area contributed by atoms with Gasteiger partial charge in [0, 0.05) is 0 Å². The van der Waals surface area contributed by atoms with Crippen molar-refractivity contribution in [3.8, 4) is 0 Å². The van der Waals surface area contributed by atoms with Crippen LogP contribution in [0.25, 0.3) is 0 Å². The molecule has 292 valence electrons. The summed E-state index contributed by atoms with van der Waals surface area (Å²) in [5, 5.41) is 0. The van der Waals surface area contributed by atoms with Gasteiger partial charge in [0.15, 0.2) is 0 Å². The maximum Gasteiger partial charge on any atom is 0.308 e. The summed E-state index contributed by atoms with van der Waals surface area (Å²) in [6, 6.07) is 7.96. The van der Waals surface area contributed by atoms with Gasteiger partial charge in [-0.15, -0.1) is 0 Å². The Bertz CT molecular complexity index is 970. The molecule has 0 atom stereocenters. The van der Waals surface area contributed by atoms with E-state index < -0.39 is 10.1 Å². The fourth-order valence-corrected chi connectivity index (χ4v) is 4.46. The van der Waals surface area contributed by atoms with Gasteiger partial charge in [0.25, 0.3) is 10.1 Å². The molecule has 0 heterocycles. The molecule has 0 fully saturated rings. The largest absolute Gasteiger partial charge is 0.466 e. The fraction of sp³-hybridized carbons (Fsp3) is 0.788. The second-order valence-corrected chi connectivity index (χ2v) is 11.5. The smallest absolute Gasteiger partial charge is 0.308 e. The predicted molar refractivity (Wildman–Crippen MR) is 180 cm³/mol. The van der Waals surface area contributed by atoms with E-state index in [4.69, 9.17) is 61.0 Å². The quantitative estimate of drug-likeness (QED) is 0.0540. The molecular weight excluding hydrogens is 684 g/mol. The summed E-state index contributed by atoms with van der Waals surface area (Å²) in [4.78, 5) is 11.3. The van der Waals surface area contributed by atoms with Crippen LogP contribution in [0.15, 0.2) is 35.2 Å². The zero-order valence-corrected chi connectivity index (χ0v) is 30.3. The average Bonchev–Trinajstić information content (AvgIpc) is 3.12. The summed E-state index contributed by atoms with van der Waals surface area (Å²) in [7, 11) is -3.76. The van der Waals surface area contributed by atoms with Gasteiger partial charge in [0.1, 0.15) is 0 Å². The molecule has 1 aromatic carbocycles. The zero-order chi connectivity index (χ0) is 36.1. The van der Waals surface area contributed by atoms with Crippen molar-refractivity contribution in [2.45, 2.75) is 18.2 Å². The molecule has 0 N–H and O–H groups in total. The predicted octanol–water partition coefficient (Wildman–Crippen LogP) is 1.53. The summed E-state index contributed by atoms with van der Waals surface area (Å²) < 4.78 is 93.3. The van der Waals surface area contributed by atoms with E-state index in [1.165, 1.54) is 12.1 Å². The molecule has 0 saturated heterocycles. The minimum absolute atomic E-state index is 0.0632. The van der Waals surface area contributed by atoms with E-state index in [9.17, 15) is 13.2 Å². The Balaban J connectivity index is 1.66. The molecule has 1 aromatic rings. The van der Waals surface area contributed by atoms with E-state index in [1.807, 2.05) is 0 Å². The molecule has 16 nitrogen and oxygen atoms in total. The second-order valence-electron chi connectivity index (χ2n) is 9.88. The Morgan fingerprint density at radius 2 is 0.720 bits per heavy atom. The highest BCUT2D eigenvalue weighted by Crippen LogP contribution is 2.10. The van der Waals surface area contributed by atoms with Gasteiger partial charge in [-0.05, 0) is 19.1 Å². The Labute approximate surface area is 297 Å². The van der Waals surface area contributed by atoms with Crippen LogP contribution < -0.4 is 0 Å². The molecule has 50 heavy (non-hydrogen) atoms. The van der Waals surface area contributed by atoms with Crippen LogP contribution in [0.2, 0.25) is 0 Å². The molecule has 0 spiro atoms. The van der Waals surface area contributed by atoms with Crippen molar-refractivity contribution < 1.29 is 74.2 Å². The van der Waals surface area contributed by atoms with Crippen LogP contribution in [-0.4, -0.2) is 173 Å². The summed E-state index contributed by atoms with van der Waals surface area (Å²) >= 11 is 0. The van der Waals surface area contributed by atoms with Crippen LogP contribution in [0.4, 0.5) is 0 Å². The fourth-order valence-electron chi connectivity index (χ4n) is 3.55. The van der Waals surface area contributed by atoms with Gasteiger partial charge < -0.3 is 56.8 Å². The lowest BCUT2D eigenvalue weighted by Gasteiger charge is -2.09. The van der Waals surface area contributed by atoms with Crippen molar-refractivity contribution in [3.63, 3.8) is 0 Å². The van der Waals surface area contributed by atoms with Crippen molar-refractivity contribution in [2.24, 2.45) is 0 Å². The zero-order valence-electron chi connectivity index (χ0n) is 29.5. The summed E-state index contributed by atoms with van der Waals surface area (Å²) in [6.07, 6.45) is 0.248. The lowest BCUT2D eigenvalue weighted by molar-refractivity contribution is -0.144. The Kier molecular flexibility index (Phi) is 32.8. The number of hydrogen-bond donors (Lipinski definition) is 0. The first-order valence-electron chi connectivity index (χ1n) is 17.0. The molecule has 0 aromatic heterocycles. The lowest BCUT2D eigenvalue weighted by atomic mass is 10.4. The molecule has 0 aliphatic rings. The number of carbonyl (C=O) groups excluding carboxylic acids is 1. The molecule has 0 saturated carbocycles. The summed E-state index contributed by atoms with van der Waals surface area (Å²) in [5.41, 5.74) is 0. The topological polar surface area (TPSA) is 171 Å². The highest BCUT2D eigenvalue weighted by molar-refractivity contribution is 7.86. The van der Waals surface area contributed by atoms with Crippen LogP contribution in [-0.2, 0) is 75.9 Å². The van der Waals surface area contributed by atoms with Gasteiger partial charge >= 0.3 is 5.97 Å². The van der Waals surface area contributed by atoms with E-state index in [2.05, 4.69) is 0 Å². The lowest BCUT2D eigenvalue weighted by Crippen LogP contribution is -2.16. The first-order chi connectivity index (χ1) is 24.6. The van der Waals surface area contributed by atoms with Gasteiger partial charge in [-0.3, -0.25) is 8.98 Å². The summed E-state index contributed by atoms with van der Waals surface area (Å²) in [5.74, 6) is -0.258. The number of ether oxygens (including phenoxy) is 12. The van der Waals surface area contributed by atoms with Crippen LogP contribution in [0.3, 0.4) is 0 Å². The summed E-state index contributed by atoms with van der Waals surface area (Å²) in [6.45, 7) is 11.5. The number of esters is 1. The minimum Gasteiger partial charge on any atom is -0.466 e. The van der Waals surface area contributed by atoms with Gasteiger partial charge in [0.05, 0.1) is 170 Å². The van der Waals surface area contributed by atoms with Gasteiger partial charge in [-0.25, -0.2) is 0 Å². The van der Waals surface area contributed by atoms with E-state index in [-0.39, 0.29) is 30.5 Å². The maximum absolute atomic E-state index is 12.0. The molecule has 17 heteroatoms. The molecular formula is C33H58O16S. The van der Waals surface area contributed by atoms with E-state index in [0.717, 1.165) is 0 Å². The first kappa shape index (κ1) is 46.2. The minimum atomic E-state index is -3.76. The molecule has 0 bridgehead atoms. The maximum atomic E-state index is 12.0. The molecule has 0 amide bonds. The molecule has 0 aliphatic carbocycles. The van der Waals surface area contributed by atoms with Gasteiger partial charge in [0.2, 0.25) is 0 Å². The number of hydrogen-bond acceptors (Lipinski definition) is 16. The van der Waals surface area contributed by atoms with Crippen molar-refractivity contribution >= 4 is 16.1 Å². The van der Waals surface area contributed by atoms with Crippen molar-refractivity contribution in [2.75, 3.05) is 159 Å². The third kappa shape index (κ3) is 30.9. The Morgan fingerprint density at radius 1 is 0.440 bits per heavy atom. The van der Waals surface area contributed by atoms with Crippen molar-refractivity contribution in [1.29, 1.82) is 0 Å². The highest BCUT2D eigenvalue weighted by atomic mass is 32.2. The van der Waals surface area contributed by atoms with E-state index in [0.29, 0.717) is 145 Å². The first-order valence-corrected chi connectivity index (χ1v) is 18.4. The number of benzene rings is 1. The number of carbonyl (C=O) groups is 1. The van der Waals surface area contributed by atoms with Crippen molar-refractivity contribution in [3.05, 3.63) is 30.3 Å². The van der Waals surface area contributed by atoms with Crippen LogP contribution >= 0.6 is 0 Å². The molecule has 0 radical (unpaired) electrons. The Hall–Kier alpha value is -1.84. The van der Waals surface area contributed by atoms with Gasteiger partial charge in [-0.1, -0.05) is 18.2 Å². The standard InChI is InChI=1S/C33H58O16S/c1-2-48-33(34)8-9-37-10-11-38-12-13-39-14-15-40-16-17-41-18-19-42-20-21-43-22-23-44-24-25-45-26-27-46-28-29-47-30-31-49-50(35,36)32-6-4-3-5-7-32/h3-7H,2,8-31H2,1H3. The Morgan fingerprint density at radius 3 is 1.02 bits per heavy atom. The van der Waals surface area contributed by atoms with Crippen LogP contribution in [0.1, 0.15) is 13.3 Å². The third-order valence-electron chi connectivity index (χ3n) is 5.97. The SMILES string of the molecule is CCOC(=O)CCOCCOCCOCCOCCOCCOCCOCCOCCOCCOCCOCCOS(=O)(=O)c1ccccc1. The monoisotopic (exact) mass is 742 g/mol. The molecule has 0 aliphatic heterocycles. The van der Waals surface area contributed by atoms with Crippen molar-refractivity contribution in [1.82, 2.24) is 0 Å². The average molecular weight is 743 g/mol. The normalized spacial score (nSPS) is 11.7.